The molecule has 2 heterocycles. The molecule has 2 aromatic heterocycles. The van der Waals surface area contributed by atoms with E-state index in [1.165, 1.54) is 0 Å². The number of nitrogens with two attached hydrogens (primary N) is 1. The summed E-state index contributed by atoms with van der Waals surface area (Å²) in [5.41, 5.74) is 6.74. The van der Waals surface area contributed by atoms with Crippen LogP contribution in [-0.2, 0) is 12.0 Å². The Balaban J connectivity index is 1.77. The summed E-state index contributed by atoms with van der Waals surface area (Å²) in [5, 5.41) is 7.07. The number of thiazole rings is 1. The molecule has 0 spiro atoms. The van der Waals surface area contributed by atoms with Crippen molar-refractivity contribution in [2.45, 2.75) is 38.6 Å². The highest BCUT2D eigenvalue weighted by Gasteiger charge is 2.43. The average molecular weight is 264 g/mol. The van der Waals surface area contributed by atoms with Gasteiger partial charge in [0.25, 0.3) is 0 Å². The monoisotopic (exact) mass is 264 g/mol. The van der Waals surface area contributed by atoms with E-state index in [9.17, 15) is 0 Å². The molecule has 3 rings (SSSR count). The van der Waals surface area contributed by atoms with Gasteiger partial charge in [-0.1, -0.05) is 5.16 Å². The number of hydrogen-bond acceptors (Lipinski definition) is 6. The van der Waals surface area contributed by atoms with E-state index in [-0.39, 0.29) is 0 Å². The molecule has 2 aromatic rings. The summed E-state index contributed by atoms with van der Waals surface area (Å²) in [4.78, 5) is 8.80. The summed E-state index contributed by atoms with van der Waals surface area (Å²) in [5.74, 6) is 1.69. The molecule has 1 unspecified atom stereocenters. The van der Waals surface area contributed by atoms with E-state index in [0.717, 1.165) is 23.5 Å². The SMILES string of the molecule is Cc1nc(Cc2noc(C(C)(N)C3CC3)n2)cs1. The standard InChI is InChI=1S/C12H16N4OS/c1-7-14-9(6-18-7)5-10-15-11(17-16-10)12(2,13)8-3-4-8/h6,8H,3-5,13H2,1-2H3. The molecule has 18 heavy (non-hydrogen) atoms. The summed E-state index contributed by atoms with van der Waals surface area (Å²) in [6.07, 6.45) is 2.90. The van der Waals surface area contributed by atoms with E-state index in [0.29, 0.717) is 24.1 Å². The van der Waals surface area contributed by atoms with Crippen LogP contribution in [0.15, 0.2) is 9.90 Å². The smallest absolute Gasteiger partial charge is 0.246 e. The molecule has 96 valence electrons. The molecule has 1 atom stereocenters. The van der Waals surface area contributed by atoms with Gasteiger partial charge in [-0.3, -0.25) is 0 Å². The molecule has 0 amide bonds. The van der Waals surface area contributed by atoms with E-state index >= 15 is 0 Å². The second-order valence-corrected chi connectivity index (χ2v) is 6.17. The third-order valence-electron chi connectivity index (χ3n) is 3.36. The molecule has 1 aliphatic rings. The average Bonchev–Trinajstić information content (AvgIpc) is 2.96. The minimum Gasteiger partial charge on any atom is -0.337 e. The topological polar surface area (TPSA) is 77.8 Å². The number of aryl methyl sites for hydroxylation is 1. The van der Waals surface area contributed by atoms with Crippen molar-refractivity contribution in [2.24, 2.45) is 11.7 Å². The maximum absolute atomic E-state index is 6.24. The Morgan fingerprint density at radius 2 is 2.28 bits per heavy atom. The van der Waals surface area contributed by atoms with E-state index in [1.807, 2.05) is 19.2 Å². The molecule has 0 bridgehead atoms. The lowest BCUT2D eigenvalue weighted by Crippen LogP contribution is -2.35. The highest BCUT2D eigenvalue weighted by atomic mass is 32.1. The van der Waals surface area contributed by atoms with Gasteiger partial charge in [-0.25, -0.2) is 4.98 Å². The first-order valence-electron chi connectivity index (χ1n) is 6.08. The van der Waals surface area contributed by atoms with Crippen molar-refractivity contribution in [3.05, 3.63) is 27.8 Å². The molecule has 1 aliphatic carbocycles. The summed E-state index contributed by atoms with van der Waals surface area (Å²) in [7, 11) is 0. The Bertz CT molecular complexity index is 556. The lowest BCUT2D eigenvalue weighted by Gasteiger charge is -2.18. The summed E-state index contributed by atoms with van der Waals surface area (Å²) < 4.78 is 5.30. The molecule has 1 fully saturated rings. The van der Waals surface area contributed by atoms with E-state index in [2.05, 4.69) is 15.1 Å². The van der Waals surface area contributed by atoms with Gasteiger partial charge in [0.2, 0.25) is 5.89 Å². The van der Waals surface area contributed by atoms with Crippen LogP contribution >= 0.6 is 11.3 Å². The van der Waals surface area contributed by atoms with Gasteiger partial charge in [-0.2, -0.15) is 4.98 Å². The Labute approximate surface area is 109 Å². The fraction of sp³-hybridized carbons (Fsp3) is 0.583. The molecule has 6 heteroatoms. The predicted octanol–water partition coefficient (Wildman–Crippen LogP) is 2.01. The van der Waals surface area contributed by atoms with Gasteiger partial charge in [0.1, 0.15) is 0 Å². The van der Waals surface area contributed by atoms with Crippen LogP contribution < -0.4 is 5.73 Å². The quantitative estimate of drug-likeness (QED) is 0.914. The van der Waals surface area contributed by atoms with Gasteiger partial charge >= 0.3 is 0 Å². The predicted molar refractivity (Wildman–Crippen MR) is 68.2 cm³/mol. The maximum atomic E-state index is 6.24. The molecule has 1 saturated carbocycles. The number of aromatic nitrogens is 3. The van der Waals surface area contributed by atoms with Crippen LogP contribution in [0.4, 0.5) is 0 Å². The molecule has 0 aromatic carbocycles. The van der Waals surface area contributed by atoms with Crippen LogP contribution in [0, 0.1) is 12.8 Å². The molecule has 0 saturated heterocycles. The number of nitrogens with zero attached hydrogens (tertiary/aromatic N) is 3. The van der Waals surface area contributed by atoms with E-state index in [4.69, 9.17) is 10.3 Å². The molecular weight excluding hydrogens is 248 g/mol. The van der Waals surface area contributed by atoms with Gasteiger partial charge < -0.3 is 10.3 Å². The molecular formula is C12H16N4OS. The summed E-state index contributed by atoms with van der Waals surface area (Å²) in [6, 6.07) is 0. The largest absolute Gasteiger partial charge is 0.337 e. The minimum absolute atomic E-state index is 0.479. The minimum atomic E-state index is -0.483. The van der Waals surface area contributed by atoms with Crippen molar-refractivity contribution in [1.82, 2.24) is 15.1 Å². The normalized spacial score (nSPS) is 18.8. The zero-order chi connectivity index (χ0) is 12.8. The third kappa shape index (κ3) is 2.18. The van der Waals surface area contributed by atoms with Gasteiger partial charge in [-0.05, 0) is 32.6 Å². The van der Waals surface area contributed by atoms with Crippen LogP contribution in [0.2, 0.25) is 0 Å². The number of hydrogen-bond donors (Lipinski definition) is 1. The maximum Gasteiger partial charge on any atom is 0.246 e. The zero-order valence-corrected chi connectivity index (χ0v) is 11.3. The van der Waals surface area contributed by atoms with Gasteiger partial charge in [0, 0.05) is 5.38 Å². The van der Waals surface area contributed by atoms with Crippen molar-refractivity contribution < 1.29 is 4.52 Å². The third-order valence-corrected chi connectivity index (χ3v) is 4.18. The Morgan fingerprint density at radius 1 is 1.50 bits per heavy atom. The first-order chi connectivity index (χ1) is 8.55. The van der Waals surface area contributed by atoms with Crippen molar-refractivity contribution in [2.75, 3.05) is 0 Å². The van der Waals surface area contributed by atoms with Crippen LogP contribution in [0.3, 0.4) is 0 Å². The molecule has 0 aliphatic heterocycles. The van der Waals surface area contributed by atoms with Gasteiger partial charge in [0.15, 0.2) is 5.82 Å². The number of rotatable bonds is 4. The fourth-order valence-corrected chi connectivity index (χ4v) is 2.67. The van der Waals surface area contributed by atoms with Gasteiger partial charge in [0.05, 0.1) is 22.7 Å². The van der Waals surface area contributed by atoms with Crippen LogP contribution in [0.1, 0.15) is 42.2 Å². The van der Waals surface area contributed by atoms with Crippen LogP contribution in [0.5, 0.6) is 0 Å². The Kier molecular flexibility index (Phi) is 2.71. The highest BCUT2D eigenvalue weighted by molar-refractivity contribution is 7.09. The van der Waals surface area contributed by atoms with E-state index < -0.39 is 5.54 Å². The summed E-state index contributed by atoms with van der Waals surface area (Å²) >= 11 is 1.63. The summed E-state index contributed by atoms with van der Waals surface area (Å²) in [6.45, 7) is 3.95. The fourth-order valence-electron chi connectivity index (χ4n) is 2.05. The second kappa shape index (κ2) is 4.13. The second-order valence-electron chi connectivity index (χ2n) is 5.11. The lowest BCUT2D eigenvalue weighted by atomic mass is 9.97. The van der Waals surface area contributed by atoms with Crippen molar-refractivity contribution in [3.63, 3.8) is 0 Å². The zero-order valence-electron chi connectivity index (χ0n) is 10.5. The molecule has 0 radical (unpaired) electrons. The van der Waals surface area contributed by atoms with Crippen molar-refractivity contribution in [3.8, 4) is 0 Å². The van der Waals surface area contributed by atoms with E-state index in [1.54, 1.807) is 11.3 Å². The Hall–Kier alpha value is -1.27. The van der Waals surface area contributed by atoms with Crippen molar-refractivity contribution >= 4 is 11.3 Å². The van der Waals surface area contributed by atoms with Crippen molar-refractivity contribution in [1.29, 1.82) is 0 Å². The first kappa shape index (κ1) is 11.8. The lowest BCUT2D eigenvalue weighted by molar-refractivity contribution is 0.272. The highest BCUT2D eigenvalue weighted by Crippen LogP contribution is 2.43. The molecule has 2 N–H and O–H groups in total. The molecule has 5 nitrogen and oxygen atoms in total. The Morgan fingerprint density at radius 3 is 2.89 bits per heavy atom. The van der Waals surface area contributed by atoms with Gasteiger partial charge in [-0.15, -0.1) is 11.3 Å². The first-order valence-corrected chi connectivity index (χ1v) is 6.96. The van der Waals surface area contributed by atoms with Crippen LogP contribution in [0.25, 0.3) is 0 Å². The van der Waals surface area contributed by atoms with Crippen LogP contribution in [-0.4, -0.2) is 15.1 Å².